The summed E-state index contributed by atoms with van der Waals surface area (Å²) in [5.74, 6) is 1.18. The number of amides is 1. The molecule has 0 aliphatic rings. The summed E-state index contributed by atoms with van der Waals surface area (Å²) in [6, 6.07) is 7.82. The summed E-state index contributed by atoms with van der Waals surface area (Å²) < 4.78 is 53.5. The van der Waals surface area contributed by atoms with Crippen LogP contribution in [0.25, 0.3) is 0 Å². The lowest BCUT2D eigenvalue weighted by Gasteiger charge is -2.15. The lowest BCUT2D eigenvalue weighted by Crippen LogP contribution is -2.25. The normalized spacial score (nSPS) is 11.0. The number of halogens is 3. The van der Waals surface area contributed by atoms with Crippen LogP contribution in [0.5, 0.6) is 17.2 Å². The minimum atomic E-state index is -4.40. The molecule has 0 aromatic heterocycles. The largest absolute Gasteiger partial charge is 0.496 e. The van der Waals surface area contributed by atoms with Crippen molar-refractivity contribution in [3.63, 3.8) is 0 Å². The Balaban J connectivity index is 2.05. The number of carbonyl (C=O) groups excluding carboxylic acids is 1. The molecule has 0 radical (unpaired) electrons. The number of nitrogens with one attached hydrogen (secondary N) is 1. The molecule has 0 saturated carbocycles. The maximum atomic E-state index is 12.6. The highest BCUT2D eigenvalue weighted by molar-refractivity contribution is 5.78. The van der Waals surface area contributed by atoms with Crippen molar-refractivity contribution in [1.82, 2.24) is 5.32 Å². The molecule has 0 fully saturated rings. The van der Waals surface area contributed by atoms with Gasteiger partial charge in [-0.1, -0.05) is 12.1 Å². The summed E-state index contributed by atoms with van der Waals surface area (Å²) in [7, 11) is 4.49. The third kappa shape index (κ3) is 5.29. The van der Waals surface area contributed by atoms with Gasteiger partial charge in [-0.05, 0) is 17.7 Å². The van der Waals surface area contributed by atoms with Crippen molar-refractivity contribution in [3.8, 4) is 17.2 Å². The SMILES string of the molecule is COc1cc(OC)c(CNC(=O)Cc2ccc(C(F)(F)F)cc2)c(OC)c1. The van der Waals surface area contributed by atoms with Crippen molar-refractivity contribution in [3.05, 3.63) is 53.1 Å². The number of carbonyl (C=O) groups is 1. The summed E-state index contributed by atoms with van der Waals surface area (Å²) >= 11 is 0. The van der Waals surface area contributed by atoms with E-state index in [0.29, 0.717) is 28.4 Å². The van der Waals surface area contributed by atoms with E-state index in [0.717, 1.165) is 12.1 Å². The molecule has 1 N–H and O–H groups in total. The third-order valence-corrected chi connectivity index (χ3v) is 3.93. The van der Waals surface area contributed by atoms with Gasteiger partial charge in [-0.25, -0.2) is 0 Å². The van der Waals surface area contributed by atoms with E-state index in [2.05, 4.69) is 5.32 Å². The van der Waals surface area contributed by atoms with Crippen LogP contribution < -0.4 is 19.5 Å². The van der Waals surface area contributed by atoms with Crippen LogP contribution in [-0.4, -0.2) is 27.2 Å². The van der Waals surface area contributed by atoms with Gasteiger partial charge in [0.15, 0.2) is 0 Å². The first-order chi connectivity index (χ1) is 12.8. The van der Waals surface area contributed by atoms with Gasteiger partial charge in [0, 0.05) is 12.1 Å². The van der Waals surface area contributed by atoms with Crippen molar-refractivity contribution in [2.24, 2.45) is 0 Å². The van der Waals surface area contributed by atoms with Gasteiger partial charge in [0.25, 0.3) is 0 Å². The second kappa shape index (κ2) is 8.66. The van der Waals surface area contributed by atoms with Crippen LogP contribution in [0.15, 0.2) is 36.4 Å². The Morgan fingerprint density at radius 2 is 1.52 bits per heavy atom. The molecule has 8 heteroatoms. The van der Waals surface area contributed by atoms with Crippen LogP contribution in [0.3, 0.4) is 0 Å². The lowest BCUT2D eigenvalue weighted by atomic mass is 10.1. The van der Waals surface area contributed by atoms with E-state index >= 15 is 0 Å². The highest BCUT2D eigenvalue weighted by Gasteiger charge is 2.30. The van der Waals surface area contributed by atoms with E-state index in [4.69, 9.17) is 14.2 Å². The van der Waals surface area contributed by atoms with Crippen LogP contribution in [0.1, 0.15) is 16.7 Å². The van der Waals surface area contributed by atoms with Crippen molar-refractivity contribution >= 4 is 5.91 Å². The van der Waals surface area contributed by atoms with Crippen LogP contribution >= 0.6 is 0 Å². The number of methoxy groups -OCH3 is 3. The first kappa shape index (κ1) is 20.4. The van der Waals surface area contributed by atoms with E-state index in [1.807, 2.05) is 0 Å². The monoisotopic (exact) mass is 383 g/mol. The van der Waals surface area contributed by atoms with Gasteiger partial charge in [-0.2, -0.15) is 13.2 Å². The van der Waals surface area contributed by atoms with E-state index < -0.39 is 11.7 Å². The number of hydrogen-bond acceptors (Lipinski definition) is 4. The molecule has 2 aromatic carbocycles. The van der Waals surface area contributed by atoms with Gasteiger partial charge in [-0.3, -0.25) is 4.79 Å². The lowest BCUT2D eigenvalue weighted by molar-refractivity contribution is -0.137. The van der Waals surface area contributed by atoms with Gasteiger partial charge in [-0.15, -0.1) is 0 Å². The van der Waals surface area contributed by atoms with Crippen molar-refractivity contribution < 1.29 is 32.2 Å². The Kier molecular flexibility index (Phi) is 6.55. The minimum absolute atomic E-state index is 0.0427. The molecule has 0 spiro atoms. The molecule has 0 aliphatic heterocycles. The topological polar surface area (TPSA) is 56.8 Å². The molecular weight excluding hydrogens is 363 g/mol. The van der Waals surface area contributed by atoms with Gasteiger partial charge < -0.3 is 19.5 Å². The van der Waals surface area contributed by atoms with Crippen molar-refractivity contribution in [2.45, 2.75) is 19.1 Å². The Labute approximate surface area is 155 Å². The van der Waals surface area contributed by atoms with Crippen molar-refractivity contribution in [1.29, 1.82) is 0 Å². The molecule has 0 atom stereocenters. The van der Waals surface area contributed by atoms with Crippen LogP contribution in [0.2, 0.25) is 0 Å². The first-order valence-electron chi connectivity index (χ1n) is 8.00. The zero-order valence-electron chi connectivity index (χ0n) is 15.1. The highest BCUT2D eigenvalue weighted by atomic mass is 19.4. The molecule has 0 unspecified atom stereocenters. The smallest absolute Gasteiger partial charge is 0.416 e. The minimum Gasteiger partial charge on any atom is -0.496 e. The number of rotatable bonds is 7. The van der Waals surface area contributed by atoms with Crippen LogP contribution in [0, 0.1) is 0 Å². The molecule has 0 saturated heterocycles. The molecule has 5 nitrogen and oxygen atoms in total. The molecular formula is C19H20F3NO4. The molecule has 0 bridgehead atoms. The maximum absolute atomic E-state index is 12.6. The fourth-order valence-corrected chi connectivity index (χ4v) is 2.50. The van der Waals surface area contributed by atoms with Gasteiger partial charge in [0.05, 0.1) is 45.4 Å². The number of hydrogen-bond donors (Lipinski definition) is 1. The third-order valence-electron chi connectivity index (χ3n) is 3.93. The predicted octanol–water partition coefficient (Wildman–Crippen LogP) is 3.59. The van der Waals surface area contributed by atoms with Gasteiger partial charge in [0.2, 0.25) is 5.91 Å². The maximum Gasteiger partial charge on any atom is 0.416 e. The number of alkyl halides is 3. The van der Waals surface area contributed by atoms with Gasteiger partial charge in [0.1, 0.15) is 17.2 Å². The highest BCUT2D eigenvalue weighted by Crippen LogP contribution is 2.34. The van der Waals surface area contributed by atoms with Crippen LogP contribution in [-0.2, 0) is 23.9 Å². The number of ether oxygens (including phenoxy) is 3. The zero-order chi connectivity index (χ0) is 20.0. The Hall–Kier alpha value is -2.90. The second-order valence-corrected chi connectivity index (χ2v) is 5.66. The zero-order valence-corrected chi connectivity index (χ0v) is 15.1. The first-order valence-corrected chi connectivity index (χ1v) is 8.00. The van der Waals surface area contributed by atoms with E-state index in [-0.39, 0.29) is 18.9 Å². The van der Waals surface area contributed by atoms with Crippen LogP contribution in [0.4, 0.5) is 13.2 Å². The summed E-state index contributed by atoms with van der Waals surface area (Å²) in [5.41, 5.74) is 0.357. The standard InChI is InChI=1S/C19H20F3NO4/c1-25-14-9-16(26-2)15(17(10-14)27-3)11-23-18(24)8-12-4-6-13(7-5-12)19(20,21)22/h4-7,9-10H,8,11H2,1-3H3,(H,23,24). The summed E-state index contributed by atoms with van der Waals surface area (Å²) in [5, 5.41) is 2.72. The summed E-state index contributed by atoms with van der Waals surface area (Å²) in [4.78, 5) is 12.2. The molecule has 0 heterocycles. The average Bonchev–Trinajstić information content (AvgIpc) is 2.65. The van der Waals surface area contributed by atoms with E-state index in [9.17, 15) is 18.0 Å². The van der Waals surface area contributed by atoms with E-state index in [1.165, 1.54) is 33.5 Å². The summed E-state index contributed by atoms with van der Waals surface area (Å²) in [6.07, 6.45) is -4.44. The van der Waals surface area contributed by atoms with Crippen molar-refractivity contribution in [2.75, 3.05) is 21.3 Å². The molecule has 146 valence electrons. The quantitative estimate of drug-likeness (QED) is 0.794. The molecule has 1 amide bonds. The Bertz CT molecular complexity index is 764. The average molecular weight is 383 g/mol. The Morgan fingerprint density at radius 3 is 1.96 bits per heavy atom. The molecule has 0 aliphatic carbocycles. The summed E-state index contributed by atoms with van der Waals surface area (Å²) in [6.45, 7) is 0.135. The second-order valence-electron chi connectivity index (χ2n) is 5.66. The number of benzene rings is 2. The Morgan fingerprint density at radius 1 is 0.963 bits per heavy atom. The fourth-order valence-electron chi connectivity index (χ4n) is 2.50. The molecule has 27 heavy (non-hydrogen) atoms. The molecule has 2 aromatic rings. The predicted molar refractivity (Wildman–Crippen MR) is 93.1 cm³/mol. The van der Waals surface area contributed by atoms with E-state index in [1.54, 1.807) is 12.1 Å². The fraction of sp³-hybridized carbons (Fsp3) is 0.316. The van der Waals surface area contributed by atoms with Gasteiger partial charge >= 0.3 is 6.18 Å². The molecule has 2 rings (SSSR count).